The van der Waals surface area contributed by atoms with Crippen molar-refractivity contribution in [2.24, 2.45) is 0 Å². The van der Waals surface area contributed by atoms with E-state index in [2.05, 4.69) is 115 Å². The van der Waals surface area contributed by atoms with Gasteiger partial charge in [0, 0.05) is 22.3 Å². The Bertz CT molecular complexity index is 2350. The van der Waals surface area contributed by atoms with Gasteiger partial charge in [-0.2, -0.15) is 0 Å². The average molecular weight is 553 g/mol. The summed E-state index contributed by atoms with van der Waals surface area (Å²) in [5.74, 6) is 0.984. The van der Waals surface area contributed by atoms with Gasteiger partial charge in [0.05, 0.1) is 7.11 Å². The third-order valence-electron chi connectivity index (χ3n) is 8.60. The fourth-order valence-electron chi connectivity index (χ4n) is 6.53. The Morgan fingerprint density at radius 3 is 1.42 bits per heavy atom. The monoisotopic (exact) mass is 552 g/mol. The van der Waals surface area contributed by atoms with Crippen LogP contribution >= 0.6 is 0 Å². The molecule has 0 radical (unpaired) electrons. The van der Waals surface area contributed by atoms with E-state index in [9.17, 15) is 5.11 Å². The largest absolute Gasteiger partial charge is 0.507 e. The lowest BCUT2D eigenvalue weighted by Gasteiger charge is -2.21. The first-order chi connectivity index (χ1) is 21.2. The van der Waals surface area contributed by atoms with E-state index in [4.69, 9.17) is 4.74 Å². The summed E-state index contributed by atoms with van der Waals surface area (Å²) in [5, 5.41) is 21.1. The molecule has 2 nitrogen and oxygen atoms in total. The molecule has 204 valence electrons. The van der Waals surface area contributed by atoms with Gasteiger partial charge in [0.25, 0.3) is 0 Å². The fraction of sp³-hybridized carbons (Fsp3) is 0.0244. The minimum atomic E-state index is 0.244. The molecular weight excluding hydrogens is 524 g/mol. The van der Waals surface area contributed by atoms with Gasteiger partial charge < -0.3 is 9.84 Å². The number of phenols is 1. The quantitative estimate of drug-likeness (QED) is 0.235. The van der Waals surface area contributed by atoms with E-state index < -0.39 is 0 Å². The molecule has 8 rings (SSSR count). The number of hydrogen-bond acceptors (Lipinski definition) is 2. The van der Waals surface area contributed by atoms with E-state index >= 15 is 0 Å². The van der Waals surface area contributed by atoms with Crippen molar-refractivity contribution in [3.63, 3.8) is 0 Å². The Balaban J connectivity index is 1.48. The molecule has 2 heteroatoms. The zero-order chi connectivity index (χ0) is 28.9. The van der Waals surface area contributed by atoms with Crippen molar-refractivity contribution in [3.8, 4) is 44.9 Å². The highest BCUT2D eigenvalue weighted by molar-refractivity contribution is 6.14. The van der Waals surface area contributed by atoms with Crippen molar-refractivity contribution in [1.29, 1.82) is 0 Å². The smallest absolute Gasteiger partial charge is 0.135 e. The highest BCUT2D eigenvalue weighted by atomic mass is 16.5. The Kier molecular flexibility index (Phi) is 5.87. The van der Waals surface area contributed by atoms with Gasteiger partial charge in [-0.1, -0.05) is 121 Å². The second-order valence-corrected chi connectivity index (χ2v) is 11.0. The van der Waals surface area contributed by atoms with Gasteiger partial charge in [-0.3, -0.25) is 0 Å². The molecule has 0 atom stereocenters. The molecule has 0 saturated carbocycles. The number of rotatable bonds is 4. The first-order valence-electron chi connectivity index (χ1n) is 14.5. The molecule has 0 aromatic heterocycles. The van der Waals surface area contributed by atoms with Gasteiger partial charge in [0.1, 0.15) is 11.5 Å². The SMILES string of the molecule is COc1c(-c2ccc3ccccc3c2)cc2ccccc2c1-c1c(O)c(-c2ccc3ccccc3c2)cc2ccccc12. The second-order valence-electron chi connectivity index (χ2n) is 11.0. The normalized spacial score (nSPS) is 11.5. The summed E-state index contributed by atoms with van der Waals surface area (Å²) in [6, 6.07) is 50.6. The van der Waals surface area contributed by atoms with Gasteiger partial charge in [-0.25, -0.2) is 0 Å². The molecule has 0 heterocycles. The minimum Gasteiger partial charge on any atom is -0.507 e. The molecular formula is C41H28O2. The molecule has 8 aromatic carbocycles. The third kappa shape index (κ3) is 4.11. The van der Waals surface area contributed by atoms with Crippen LogP contribution < -0.4 is 4.74 Å². The third-order valence-corrected chi connectivity index (χ3v) is 8.60. The summed E-state index contributed by atoms with van der Waals surface area (Å²) in [6.45, 7) is 0. The summed E-state index contributed by atoms with van der Waals surface area (Å²) >= 11 is 0. The Hall–Kier alpha value is -5.60. The van der Waals surface area contributed by atoms with Crippen molar-refractivity contribution >= 4 is 43.1 Å². The van der Waals surface area contributed by atoms with E-state index in [1.807, 2.05) is 30.3 Å². The van der Waals surface area contributed by atoms with Crippen LogP contribution in [0.15, 0.2) is 146 Å². The molecule has 0 aliphatic carbocycles. The lowest BCUT2D eigenvalue weighted by Crippen LogP contribution is -1.96. The standard InChI is InChI=1S/C41H28O2/c1-43-41-37(33-21-19-27-11-3-5-13-29(27)23-33)25-31-15-7-9-17-35(31)39(41)38-34-16-8-6-14-30(34)24-36(40(38)42)32-20-18-26-10-2-4-12-28(26)22-32/h2-25,42H,1H3. The van der Waals surface area contributed by atoms with Crippen LogP contribution in [0.2, 0.25) is 0 Å². The number of hydrogen-bond donors (Lipinski definition) is 1. The van der Waals surface area contributed by atoms with Crippen LogP contribution in [0.3, 0.4) is 0 Å². The summed E-state index contributed by atoms with van der Waals surface area (Å²) in [7, 11) is 1.73. The molecule has 43 heavy (non-hydrogen) atoms. The van der Waals surface area contributed by atoms with Crippen molar-refractivity contribution < 1.29 is 9.84 Å². The van der Waals surface area contributed by atoms with E-state index in [0.29, 0.717) is 0 Å². The van der Waals surface area contributed by atoms with Gasteiger partial charge in [-0.05, 0) is 78.5 Å². The number of aromatic hydroxyl groups is 1. The molecule has 0 saturated heterocycles. The first-order valence-corrected chi connectivity index (χ1v) is 14.5. The van der Waals surface area contributed by atoms with Gasteiger partial charge >= 0.3 is 0 Å². The summed E-state index contributed by atoms with van der Waals surface area (Å²) in [6.07, 6.45) is 0. The predicted octanol–water partition coefficient (Wildman–Crippen LogP) is 11.0. The molecule has 0 fully saturated rings. The maximum Gasteiger partial charge on any atom is 0.135 e. The van der Waals surface area contributed by atoms with Crippen LogP contribution in [-0.2, 0) is 0 Å². The van der Waals surface area contributed by atoms with Crippen LogP contribution in [0.5, 0.6) is 11.5 Å². The topological polar surface area (TPSA) is 29.5 Å². The zero-order valence-electron chi connectivity index (χ0n) is 23.7. The van der Waals surface area contributed by atoms with Gasteiger partial charge in [0.2, 0.25) is 0 Å². The summed E-state index contributed by atoms with van der Waals surface area (Å²) < 4.78 is 6.30. The molecule has 0 aliphatic heterocycles. The van der Waals surface area contributed by atoms with Crippen LogP contribution in [0.1, 0.15) is 0 Å². The highest BCUT2D eigenvalue weighted by Gasteiger charge is 2.24. The van der Waals surface area contributed by atoms with E-state index in [1.165, 1.54) is 16.2 Å². The minimum absolute atomic E-state index is 0.244. The molecule has 8 aromatic rings. The lowest BCUT2D eigenvalue weighted by molar-refractivity contribution is 0.418. The molecule has 0 amide bonds. The maximum atomic E-state index is 12.3. The van der Waals surface area contributed by atoms with E-state index in [0.717, 1.165) is 66.1 Å². The number of benzene rings is 8. The van der Waals surface area contributed by atoms with Crippen LogP contribution in [-0.4, -0.2) is 12.2 Å². The molecule has 0 unspecified atom stereocenters. The number of fused-ring (bicyclic) bond motifs is 4. The summed E-state index contributed by atoms with van der Waals surface area (Å²) in [4.78, 5) is 0. The number of ether oxygens (including phenoxy) is 1. The Morgan fingerprint density at radius 2 is 0.860 bits per heavy atom. The van der Waals surface area contributed by atoms with Crippen molar-refractivity contribution in [3.05, 3.63) is 146 Å². The van der Waals surface area contributed by atoms with E-state index in [1.54, 1.807) is 7.11 Å². The van der Waals surface area contributed by atoms with Crippen LogP contribution in [0.25, 0.3) is 76.5 Å². The molecule has 0 spiro atoms. The molecule has 1 N–H and O–H groups in total. The number of phenolic OH excluding ortho intramolecular Hbond substituents is 1. The molecule has 0 aliphatic rings. The Morgan fingerprint density at radius 1 is 0.419 bits per heavy atom. The predicted molar refractivity (Wildman–Crippen MR) is 181 cm³/mol. The second kappa shape index (κ2) is 10.0. The Labute approximate surface area is 250 Å². The van der Waals surface area contributed by atoms with Crippen molar-refractivity contribution in [2.75, 3.05) is 7.11 Å². The van der Waals surface area contributed by atoms with Crippen LogP contribution in [0, 0.1) is 0 Å². The summed E-state index contributed by atoms with van der Waals surface area (Å²) in [5.41, 5.74) is 5.48. The maximum absolute atomic E-state index is 12.3. The average Bonchev–Trinajstić information content (AvgIpc) is 3.07. The number of methoxy groups -OCH3 is 1. The fourth-order valence-corrected chi connectivity index (χ4v) is 6.53. The zero-order valence-corrected chi connectivity index (χ0v) is 23.7. The van der Waals surface area contributed by atoms with Gasteiger partial charge in [-0.15, -0.1) is 0 Å². The van der Waals surface area contributed by atoms with Gasteiger partial charge in [0.15, 0.2) is 0 Å². The van der Waals surface area contributed by atoms with Crippen molar-refractivity contribution in [2.45, 2.75) is 0 Å². The van der Waals surface area contributed by atoms with Crippen LogP contribution in [0.4, 0.5) is 0 Å². The first kappa shape index (κ1) is 25.1. The van der Waals surface area contributed by atoms with Crippen molar-refractivity contribution in [1.82, 2.24) is 0 Å². The molecule has 0 bridgehead atoms. The highest BCUT2D eigenvalue weighted by Crippen LogP contribution is 2.52. The van der Waals surface area contributed by atoms with E-state index in [-0.39, 0.29) is 5.75 Å². The lowest BCUT2D eigenvalue weighted by atomic mass is 9.86.